The van der Waals surface area contributed by atoms with Crippen LogP contribution in [-0.4, -0.2) is 66.9 Å². The molecule has 3 N–H and O–H groups in total. The van der Waals surface area contributed by atoms with Gasteiger partial charge < -0.3 is 20.6 Å². The van der Waals surface area contributed by atoms with Crippen molar-refractivity contribution in [3.05, 3.63) is 72.8 Å². The molecule has 1 aliphatic heterocycles. The smallest absolute Gasteiger partial charge is 0.200 e. The van der Waals surface area contributed by atoms with E-state index in [1.54, 1.807) is 16.9 Å². The molecular weight excluding hydrogens is 440 g/mol. The van der Waals surface area contributed by atoms with Gasteiger partial charge >= 0.3 is 0 Å². The largest absolute Gasteiger partial charge is 0.388 e. The van der Waals surface area contributed by atoms with Crippen LogP contribution in [0.25, 0.3) is 22.7 Å². The quantitative estimate of drug-likeness (QED) is 0.378. The van der Waals surface area contributed by atoms with Gasteiger partial charge in [0.15, 0.2) is 5.82 Å². The molecular formula is C26H30N8O. The number of hydrogen-bond acceptors (Lipinski definition) is 8. The molecule has 1 saturated heterocycles. The van der Waals surface area contributed by atoms with E-state index in [0.717, 1.165) is 48.4 Å². The first-order valence-corrected chi connectivity index (χ1v) is 11.7. The Hall–Kier alpha value is -3.82. The third kappa shape index (κ3) is 5.01. The number of hydrogen-bond donors (Lipinski definition) is 3. The second kappa shape index (κ2) is 9.44. The monoisotopic (exact) mass is 470 g/mol. The summed E-state index contributed by atoms with van der Waals surface area (Å²) in [5, 5.41) is 22.4. The van der Waals surface area contributed by atoms with E-state index < -0.39 is 5.60 Å². The average Bonchev–Trinajstić information content (AvgIpc) is 3.34. The van der Waals surface area contributed by atoms with E-state index in [0.29, 0.717) is 29.6 Å². The predicted molar refractivity (Wildman–Crippen MR) is 137 cm³/mol. The third-order valence-corrected chi connectivity index (χ3v) is 6.46. The second-order valence-corrected chi connectivity index (χ2v) is 9.19. The molecule has 9 heteroatoms. The van der Waals surface area contributed by atoms with Gasteiger partial charge in [0.25, 0.3) is 0 Å². The third-order valence-electron chi connectivity index (χ3n) is 6.46. The molecule has 35 heavy (non-hydrogen) atoms. The number of aliphatic hydroxyl groups is 1. The van der Waals surface area contributed by atoms with E-state index in [4.69, 9.17) is 4.98 Å². The Balaban J connectivity index is 1.41. The van der Waals surface area contributed by atoms with Crippen molar-refractivity contribution in [3.63, 3.8) is 0 Å². The molecule has 0 atom stereocenters. The Kier molecular flexibility index (Phi) is 6.19. The zero-order valence-corrected chi connectivity index (χ0v) is 20.1. The number of piperidine rings is 1. The standard InChI is InChI=1S/C26H30N8O/c1-18-6-4-7-22(29-18)24-31-25(23-8-5-13-34(23)32-24)30-21-9-12-27-16-20(21)19(2)28-17-26(35)10-14-33(3)15-11-26/h4-9,12-13,16,28,35H,2,10-11,14-15,17H2,1,3H3,(H,27,30,31,32). The molecule has 0 bridgehead atoms. The molecule has 0 amide bonds. The summed E-state index contributed by atoms with van der Waals surface area (Å²) in [6.45, 7) is 8.36. The first-order chi connectivity index (χ1) is 16.9. The van der Waals surface area contributed by atoms with E-state index in [9.17, 15) is 5.11 Å². The minimum Gasteiger partial charge on any atom is -0.388 e. The summed E-state index contributed by atoms with van der Waals surface area (Å²) >= 11 is 0. The number of likely N-dealkylation sites (tertiary alicyclic amines) is 1. The van der Waals surface area contributed by atoms with Gasteiger partial charge in [0.1, 0.15) is 11.2 Å². The fourth-order valence-corrected chi connectivity index (χ4v) is 4.25. The molecule has 5 heterocycles. The van der Waals surface area contributed by atoms with Gasteiger partial charge in [-0.05, 0) is 57.1 Å². The topological polar surface area (TPSA) is 104 Å². The molecule has 180 valence electrons. The lowest BCUT2D eigenvalue weighted by Crippen LogP contribution is -2.48. The Bertz CT molecular complexity index is 1360. The first kappa shape index (κ1) is 22.9. The van der Waals surface area contributed by atoms with Crippen LogP contribution >= 0.6 is 0 Å². The predicted octanol–water partition coefficient (Wildman–Crippen LogP) is 3.26. The number of fused-ring (bicyclic) bond motifs is 1. The molecule has 4 aromatic rings. The van der Waals surface area contributed by atoms with Gasteiger partial charge in [-0.3, -0.25) is 4.98 Å². The van der Waals surface area contributed by atoms with Gasteiger partial charge in [0, 0.05) is 55.2 Å². The van der Waals surface area contributed by atoms with Crippen molar-refractivity contribution in [2.45, 2.75) is 25.4 Å². The average molecular weight is 471 g/mol. The molecule has 1 fully saturated rings. The van der Waals surface area contributed by atoms with Gasteiger partial charge in [-0.2, -0.15) is 0 Å². The van der Waals surface area contributed by atoms with Crippen molar-refractivity contribution in [1.82, 2.24) is 34.8 Å². The highest BCUT2D eigenvalue weighted by molar-refractivity contribution is 5.81. The summed E-state index contributed by atoms with van der Waals surface area (Å²) in [6, 6.07) is 11.6. The summed E-state index contributed by atoms with van der Waals surface area (Å²) in [5.74, 6) is 1.18. The zero-order valence-electron chi connectivity index (χ0n) is 20.1. The molecule has 0 spiro atoms. The summed E-state index contributed by atoms with van der Waals surface area (Å²) in [6.07, 6.45) is 6.83. The van der Waals surface area contributed by atoms with E-state index in [2.05, 4.69) is 44.2 Å². The first-order valence-electron chi connectivity index (χ1n) is 11.7. The van der Waals surface area contributed by atoms with Crippen LogP contribution in [0.2, 0.25) is 0 Å². The fourth-order valence-electron chi connectivity index (χ4n) is 4.25. The summed E-state index contributed by atoms with van der Waals surface area (Å²) < 4.78 is 1.79. The number of anilines is 2. The number of pyridine rings is 2. The Labute approximate surface area is 204 Å². The highest BCUT2D eigenvalue weighted by Gasteiger charge is 2.31. The Morgan fingerprint density at radius 3 is 2.77 bits per heavy atom. The summed E-state index contributed by atoms with van der Waals surface area (Å²) in [4.78, 5) is 15.9. The lowest BCUT2D eigenvalue weighted by Gasteiger charge is -2.37. The molecule has 4 aromatic heterocycles. The molecule has 0 aromatic carbocycles. The molecule has 5 rings (SSSR count). The number of aromatic nitrogens is 5. The fraction of sp³-hybridized carbons (Fsp3) is 0.308. The molecule has 0 radical (unpaired) electrons. The SMILES string of the molecule is C=C(NCC1(O)CCN(C)CC1)c1cnccc1Nc1nc(-c2cccc(C)n2)nn2cccc12. The number of nitrogens with zero attached hydrogens (tertiary/aromatic N) is 6. The van der Waals surface area contributed by atoms with E-state index in [1.807, 2.05) is 49.5 Å². The minimum atomic E-state index is -0.744. The van der Waals surface area contributed by atoms with Crippen LogP contribution in [0.5, 0.6) is 0 Å². The van der Waals surface area contributed by atoms with Crippen molar-refractivity contribution in [2.24, 2.45) is 0 Å². The van der Waals surface area contributed by atoms with Crippen LogP contribution in [0, 0.1) is 6.92 Å². The van der Waals surface area contributed by atoms with Crippen LogP contribution in [0.4, 0.5) is 11.5 Å². The minimum absolute atomic E-state index is 0.438. The maximum Gasteiger partial charge on any atom is 0.200 e. The lowest BCUT2D eigenvalue weighted by atomic mass is 9.91. The highest BCUT2D eigenvalue weighted by Crippen LogP contribution is 2.28. The van der Waals surface area contributed by atoms with E-state index in [-0.39, 0.29) is 0 Å². The lowest BCUT2D eigenvalue weighted by molar-refractivity contribution is -0.0114. The highest BCUT2D eigenvalue weighted by atomic mass is 16.3. The molecule has 1 aliphatic rings. The number of rotatable bonds is 7. The van der Waals surface area contributed by atoms with E-state index >= 15 is 0 Å². The molecule has 0 aliphatic carbocycles. The maximum atomic E-state index is 11.0. The van der Waals surface area contributed by atoms with Crippen LogP contribution in [0.15, 0.2) is 61.6 Å². The van der Waals surface area contributed by atoms with Crippen LogP contribution < -0.4 is 10.6 Å². The van der Waals surface area contributed by atoms with Crippen LogP contribution in [0.3, 0.4) is 0 Å². The van der Waals surface area contributed by atoms with Crippen molar-refractivity contribution in [1.29, 1.82) is 0 Å². The van der Waals surface area contributed by atoms with Crippen molar-refractivity contribution in [3.8, 4) is 11.5 Å². The van der Waals surface area contributed by atoms with Gasteiger partial charge in [-0.15, -0.1) is 5.10 Å². The molecule has 0 unspecified atom stereocenters. The number of aryl methyl sites for hydroxylation is 1. The molecule has 9 nitrogen and oxygen atoms in total. The van der Waals surface area contributed by atoms with Crippen molar-refractivity contribution in [2.75, 3.05) is 32.0 Å². The van der Waals surface area contributed by atoms with Crippen LogP contribution in [0.1, 0.15) is 24.1 Å². The second-order valence-electron chi connectivity index (χ2n) is 9.19. The van der Waals surface area contributed by atoms with Crippen molar-refractivity contribution >= 4 is 22.7 Å². The Morgan fingerprint density at radius 1 is 1.14 bits per heavy atom. The van der Waals surface area contributed by atoms with E-state index in [1.165, 1.54) is 0 Å². The van der Waals surface area contributed by atoms with Crippen LogP contribution in [-0.2, 0) is 0 Å². The normalized spacial score (nSPS) is 15.7. The molecule has 0 saturated carbocycles. The van der Waals surface area contributed by atoms with Gasteiger partial charge in [-0.25, -0.2) is 14.5 Å². The summed E-state index contributed by atoms with van der Waals surface area (Å²) in [5.41, 5.74) is 4.00. The van der Waals surface area contributed by atoms with Gasteiger partial charge in [0.2, 0.25) is 5.82 Å². The zero-order chi connectivity index (χ0) is 24.4. The van der Waals surface area contributed by atoms with Gasteiger partial charge in [0.05, 0.1) is 11.3 Å². The number of nitrogens with one attached hydrogen (secondary N) is 2. The van der Waals surface area contributed by atoms with Gasteiger partial charge in [-0.1, -0.05) is 12.6 Å². The maximum absolute atomic E-state index is 11.0. The van der Waals surface area contributed by atoms with Crippen molar-refractivity contribution < 1.29 is 5.11 Å². The summed E-state index contributed by atoms with van der Waals surface area (Å²) in [7, 11) is 2.08. The Morgan fingerprint density at radius 2 is 1.97 bits per heavy atom.